The van der Waals surface area contributed by atoms with Gasteiger partial charge in [0.05, 0.1) is 25.9 Å². The van der Waals surface area contributed by atoms with Gasteiger partial charge in [0.15, 0.2) is 6.54 Å². The molecule has 1 aliphatic rings. The zero-order chi connectivity index (χ0) is 20.0. The lowest BCUT2D eigenvalue weighted by atomic mass is 10.1. The van der Waals surface area contributed by atoms with Gasteiger partial charge in [0.25, 0.3) is 5.91 Å². The number of halogens is 1. The number of carbonyl (C=O) groups excluding carboxylic acids is 2. The highest BCUT2D eigenvalue weighted by Crippen LogP contribution is 2.29. The minimum atomic E-state index is -0.406. The van der Waals surface area contributed by atoms with Crippen LogP contribution in [0.5, 0.6) is 0 Å². The van der Waals surface area contributed by atoms with Crippen molar-refractivity contribution >= 4 is 28.9 Å². The Bertz CT molecular complexity index is 815. The first kappa shape index (κ1) is 23.6. The second-order valence-electron chi connectivity index (χ2n) is 7.67. The monoisotopic (exact) mass is 480 g/mol. The molecular formula is C22H29BrN2O3S. The molecule has 0 spiro atoms. The molecule has 0 unspecified atom stereocenters. The van der Waals surface area contributed by atoms with Crippen LogP contribution in [0.1, 0.15) is 46.5 Å². The molecule has 0 aliphatic carbocycles. The Hall–Kier alpha value is -1.70. The zero-order valence-electron chi connectivity index (χ0n) is 17.1. The van der Waals surface area contributed by atoms with E-state index in [0.717, 1.165) is 42.5 Å². The van der Waals surface area contributed by atoms with E-state index in [1.807, 2.05) is 18.4 Å². The van der Waals surface area contributed by atoms with Gasteiger partial charge in [0, 0.05) is 5.56 Å². The summed E-state index contributed by atoms with van der Waals surface area (Å²) in [7, 11) is 1.36. The largest absolute Gasteiger partial charge is 1.00 e. The molecule has 1 N–H and O–H groups in total. The molecule has 1 aromatic carbocycles. The number of ether oxygens (including phenoxy) is 1. The highest BCUT2D eigenvalue weighted by atomic mass is 79.9. The van der Waals surface area contributed by atoms with Crippen molar-refractivity contribution in [3.63, 3.8) is 0 Å². The van der Waals surface area contributed by atoms with E-state index in [-0.39, 0.29) is 22.9 Å². The Morgan fingerprint density at radius 3 is 2.38 bits per heavy atom. The second-order valence-corrected chi connectivity index (χ2v) is 8.55. The quantitative estimate of drug-likeness (QED) is 0.501. The van der Waals surface area contributed by atoms with Gasteiger partial charge >= 0.3 is 5.97 Å². The lowest BCUT2D eigenvalue weighted by Gasteiger charge is -2.37. The predicted octanol–water partition coefficient (Wildman–Crippen LogP) is 1.38. The molecule has 5 nitrogen and oxygen atoms in total. The fourth-order valence-corrected chi connectivity index (χ4v) is 4.95. The summed E-state index contributed by atoms with van der Waals surface area (Å²) < 4.78 is 5.62. The van der Waals surface area contributed by atoms with Crippen LogP contribution in [0.4, 0.5) is 5.69 Å². The number of rotatable bonds is 6. The number of hydrogen-bond donors (Lipinski definition) is 1. The summed E-state index contributed by atoms with van der Waals surface area (Å²) in [5.41, 5.74) is 2.75. The maximum absolute atomic E-state index is 13.0. The summed E-state index contributed by atoms with van der Waals surface area (Å²) in [5, 5.41) is 4.88. The molecule has 0 atom stereocenters. The van der Waals surface area contributed by atoms with E-state index in [2.05, 4.69) is 29.6 Å². The van der Waals surface area contributed by atoms with E-state index < -0.39 is 5.97 Å². The van der Waals surface area contributed by atoms with Crippen molar-refractivity contribution in [2.75, 3.05) is 32.1 Å². The number of hydrogen-bond acceptors (Lipinski definition) is 4. The van der Waals surface area contributed by atoms with Crippen LogP contribution < -0.4 is 22.3 Å². The summed E-state index contributed by atoms with van der Waals surface area (Å²) in [6.07, 6.45) is 4.75. The van der Waals surface area contributed by atoms with Crippen LogP contribution in [0.25, 0.3) is 0 Å². The highest BCUT2D eigenvalue weighted by Gasteiger charge is 2.32. The van der Waals surface area contributed by atoms with E-state index in [1.54, 1.807) is 0 Å². The number of quaternary nitrogens is 1. The van der Waals surface area contributed by atoms with Crippen molar-refractivity contribution in [1.29, 1.82) is 0 Å². The van der Waals surface area contributed by atoms with Crippen LogP contribution in [0.2, 0.25) is 0 Å². The Morgan fingerprint density at radius 2 is 1.76 bits per heavy atom. The number of nitrogens with one attached hydrogen (secondary N) is 1. The molecule has 0 bridgehead atoms. The molecule has 1 fully saturated rings. The van der Waals surface area contributed by atoms with Gasteiger partial charge in [-0.1, -0.05) is 30.3 Å². The average Bonchev–Trinajstić information content (AvgIpc) is 2.90. The summed E-state index contributed by atoms with van der Waals surface area (Å²) in [4.78, 5) is 25.5. The van der Waals surface area contributed by atoms with Crippen LogP contribution in [0.15, 0.2) is 35.7 Å². The van der Waals surface area contributed by atoms with Crippen LogP contribution in [-0.4, -0.2) is 43.1 Å². The number of carbonyl (C=O) groups is 2. The number of anilines is 1. The molecular weight excluding hydrogens is 452 g/mol. The summed E-state index contributed by atoms with van der Waals surface area (Å²) in [6, 6.07) is 10.4. The minimum absolute atomic E-state index is 0. The van der Waals surface area contributed by atoms with Gasteiger partial charge in [0.2, 0.25) is 0 Å². The predicted molar refractivity (Wildman–Crippen MR) is 113 cm³/mol. The lowest BCUT2D eigenvalue weighted by Crippen LogP contribution is -3.00. The molecule has 3 rings (SSSR count). The zero-order valence-corrected chi connectivity index (χ0v) is 19.5. The van der Waals surface area contributed by atoms with E-state index >= 15 is 0 Å². The smallest absolute Gasteiger partial charge is 0.350 e. The Kier molecular flexibility index (Phi) is 8.86. The van der Waals surface area contributed by atoms with Crippen molar-refractivity contribution in [2.45, 2.75) is 39.2 Å². The summed E-state index contributed by atoms with van der Waals surface area (Å²) >= 11 is 1.31. The van der Waals surface area contributed by atoms with Crippen molar-refractivity contribution in [3.05, 3.63) is 51.7 Å². The molecule has 1 aliphatic heterocycles. The summed E-state index contributed by atoms with van der Waals surface area (Å²) in [6.45, 7) is 5.20. The van der Waals surface area contributed by atoms with E-state index in [0.29, 0.717) is 17.1 Å². The molecule has 7 heteroatoms. The molecule has 2 aromatic rings. The number of thiophene rings is 1. The fourth-order valence-electron chi connectivity index (χ4n) is 4.03. The van der Waals surface area contributed by atoms with Crippen molar-refractivity contribution in [2.24, 2.45) is 0 Å². The van der Waals surface area contributed by atoms with Crippen LogP contribution in [0, 0.1) is 6.92 Å². The maximum atomic E-state index is 13.0. The number of methoxy groups -OCH3 is 1. The van der Waals surface area contributed by atoms with Crippen molar-refractivity contribution < 1.29 is 35.8 Å². The molecule has 2 heterocycles. The first-order valence-corrected chi connectivity index (χ1v) is 10.8. The Labute approximate surface area is 187 Å². The van der Waals surface area contributed by atoms with Gasteiger partial charge in [-0.25, -0.2) is 4.79 Å². The van der Waals surface area contributed by atoms with Crippen LogP contribution in [0.3, 0.4) is 0 Å². The van der Waals surface area contributed by atoms with Gasteiger partial charge < -0.3 is 31.5 Å². The number of benzene rings is 1. The van der Waals surface area contributed by atoms with Gasteiger partial charge in [-0.2, -0.15) is 0 Å². The number of likely N-dealkylation sites (tertiary alicyclic amines) is 1. The average molecular weight is 481 g/mol. The highest BCUT2D eigenvalue weighted by molar-refractivity contribution is 7.12. The first-order chi connectivity index (χ1) is 13.5. The van der Waals surface area contributed by atoms with Gasteiger partial charge in [-0.3, -0.25) is 4.79 Å². The summed E-state index contributed by atoms with van der Waals surface area (Å²) in [5.74, 6) is -0.444. The fraction of sp³-hybridized carbons (Fsp3) is 0.455. The topological polar surface area (TPSA) is 55.4 Å². The number of esters is 1. The van der Waals surface area contributed by atoms with Gasteiger partial charge in [0.1, 0.15) is 11.4 Å². The molecule has 29 heavy (non-hydrogen) atoms. The van der Waals surface area contributed by atoms with E-state index in [4.69, 9.17) is 4.74 Å². The molecule has 1 saturated heterocycles. The molecule has 0 saturated carbocycles. The number of amides is 1. The number of aryl methyl sites for hydroxylation is 1. The van der Waals surface area contributed by atoms with Crippen LogP contribution >= 0.6 is 11.3 Å². The Balaban J connectivity index is 0.00000300. The maximum Gasteiger partial charge on any atom is 0.350 e. The van der Waals surface area contributed by atoms with E-state index in [9.17, 15) is 9.59 Å². The molecule has 1 amide bonds. The van der Waals surface area contributed by atoms with Crippen molar-refractivity contribution in [1.82, 2.24) is 0 Å². The minimum Gasteiger partial charge on any atom is -1.00 e. The third kappa shape index (κ3) is 6.14. The third-order valence-corrected chi connectivity index (χ3v) is 6.54. The van der Waals surface area contributed by atoms with Crippen LogP contribution in [-0.2, 0) is 16.1 Å². The number of nitrogens with zero attached hydrogens (tertiary/aromatic N) is 1. The normalized spacial score (nSPS) is 15.7. The van der Waals surface area contributed by atoms with Crippen molar-refractivity contribution in [3.8, 4) is 0 Å². The standard InChI is InChI=1S/C22H28N2O3S.BrH/c1-17-16-28-21(22(26)27-2)20(17)23-19(25)15-24(12-8-3-4-9-13-24)14-18-10-6-5-7-11-18;/h5-7,10-11,16H,3-4,8-9,12-15H2,1-2H3;1H. The first-order valence-electron chi connectivity index (χ1n) is 9.88. The van der Waals surface area contributed by atoms with Gasteiger partial charge in [-0.15, -0.1) is 11.3 Å². The van der Waals surface area contributed by atoms with E-state index in [1.165, 1.54) is 36.9 Å². The second kappa shape index (κ2) is 10.9. The Morgan fingerprint density at radius 1 is 1.10 bits per heavy atom. The SMILES string of the molecule is COC(=O)c1scc(C)c1NC(=O)C[N+]1(Cc2ccccc2)CCCCCC1.[Br-]. The molecule has 0 radical (unpaired) electrons. The molecule has 158 valence electrons. The molecule has 1 aromatic heterocycles. The third-order valence-electron chi connectivity index (χ3n) is 5.46. The van der Waals surface area contributed by atoms with Gasteiger partial charge in [-0.05, 0) is 43.6 Å². The lowest BCUT2D eigenvalue weighted by molar-refractivity contribution is -0.932.